The van der Waals surface area contributed by atoms with Crippen LogP contribution in [0.1, 0.15) is 0 Å². The van der Waals surface area contributed by atoms with E-state index >= 15 is 0 Å². The summed E-state index contributed by atoms with van der Waals surface area (Å²) in [5, 5.41) is 0. The van der Waals surface area contributed by atoms with Gasteiger partial charge in [-0.15, -0.1) is 0 Å². The van der Waals surface area contributed by atoms with Crippen LogP contribution >= 0.6 is 0 Å². The molecule has 0 aromatic rings. The summed E-state index contributed by atoms with van der Waals surface area (Å²) in [7, 11) is 0. The zero-order chi connectivity index (χ0) is 0. The summed E-state index contributed by atoms with van der Waals surface area (Å²) in [6.07, 6.45) is 0. The molecule has 0 amide bonds. The molecule has 0 fully saturated rings. The molecule has 0 heterocycles. The first-order valence-electron chi connectivity index (χ1n) is 0. The topological polar surface area (TPSA) is 0 Å². The molecule has 1 radical (unpaired) electrons. The average Bonchev–Trinajstić information content (AvgIpc) is 0. The molecule has 4 heteroatoms. The molecule has 0 nitrogen and oxygen atoms in total. The Morgan fingerprint density at radius 2 is 0.750 bits per heavy atom. The predicted octanol–water partition coefficient (Wildman–Crippen LogP) is -0.0100. The summed E-state index contributed by atoms with van der Waals surface area (Å²) in [5.74, 6) is 0. The third-order valence-corrected chi connectivity index (χ3v) is 0. The SMILES string of the molecule is [Co].[Cr].[Ni].[Ni]. The Bertz CT molecular complexity index is 6.00. The van der Waals surface area contributed by atoms with E-state index in [1.807, 2.05) is 0 Å². The Morgan fingerprint density at radius 3 is 0.750 bits per heavy atom. The predicted molar refractivity (Wildman–Crippen MR) is 0 cm³/mol. The van der Waals surface area contributed by atoms with Gasteiger partial charge in [-0.25, -0.2) is 0 Å². The van der Waals surface area contributed by atoms with E-state index in [0.29, 0.717) is 0 Å². The number of rotatable bonds is 0. The van der Waals surface area contributed by atoms with Crippen molar-refractivity contribution in [3.63, 3.8) is 0 Å². The first-order chi connectivity index (χ1) is 0. The quantitative estimate of drug-likeness (QED) is 0.512. The fourth-order valence-electron chi connectivity index (χ4n) is 0. The third-order valence-electron chi connectivity index (χ3n) is 0. The summed E-state index contributed by atoms with van der Waals surface area (Å²) >= 11 is 0. The normalized spacial score (nSPS) is 0. The van der Waals surface area contributed by atoms with Crippen LogP contribution in [0.4, 0.5) is 0 Å². The summed E-state index contributed by atoms with van der Waals surface area (Å²) in [5.41, 5.74) is 0. The van der Waals surface area contributed by atoms with E-state index in [2.05, 4.69) is 0 Å². The van der Waals surface area contributed by atoms with Crippen molar-refractivity contribution >= 4 is 0 Å². The number of hydrogen-bond acceptors (Lipinski definition) is 0. The molecule has 0 unspecified atom stereocenters. The van der Waals surface area contributed by atoms with Crippen LogP contribution in [-0.2, 0) is 67.1 Å². The standard InChI is InChI=1S/Co.Cr.2Ni. The Labute approximate surface area is 66.7 Å². The maximum absolute atomic E-state index is 0. The molecule has 0 aliphatic rings. The van der Waals surface area contributed by atoms with Crippen LogP contribution in [-0.4, -0.2) is 0 Å². The minimum Gasteiger partial charge on any atom is 0 e. The maximum Gasteiger partial charge on any atom is 0 e. The van der Waals surface area contributed by atoms with Crippen molar-refractivity contribution in [1.29, 1.82) is 0 Å². The second-order valence-corrected chi connectivity index (χ2v) is 0. The van der Waals surface area contributed by atoms with Crippen LogP contribution in [0.5, 0.6) is 0 Å². The van der Waals surface area contributed by atoms with Crippen LogP contribution in [0, 0.1) is 0 Å². The van der Waals surface area contributed by atoms with Gasteiger partial charge in [-0.2, -0.15) is 0 Å². The van der Waals surface area contributed by atoms with Gasteiger partial charge in [0.05, 0.1) is 0 Å². The van der Waals surface area contributed by atoms with Gasteiger partial charge in [0.25, 0.3) is 0 Å². The van der Waals surface area contributed by atoms with Gasteiger partial charge in [-0.1, -0.05) is 0 Å². The monoisotopic (exact) mass is 227 g/mol. The van der Waals surface area contributed by atoms with E-state index in [1.54, 1.807) is 0 Å². The van der Waals surface area contributed by atoms with Gasteiger partial charge in [0.1, 0.15) is 0 Å². The van der Waals surface area contributed by atoms with E-state index < -0.39 is 0 Å². The van der Waals surface area contributed by atoms with Gasteiger partial charge >= 0.3 is 0 Å². The fourth-order valence-corrected chi connectivity index (χ4v) is 0. The molecular formula is CoCrNi2. The zero-order valence-corrected chi connectivity index (χ0v) is 5.67. The van der Waals surface area contributed by atoms with Crippen molar-refractivity contribution in [2.45, 2.75) is 0 Å². The van der Waals surface area contributed by atoms with Crippen LogP contribution in [0.15, 0.2) is 0 Å². The van der Waals surface area contributed by atoms with Crippen molar-refractivity contribution in [3.8, 4) is 0 Å². The Morgan fingerprint density at radius 1 is 0.750 bits per heavy atom. The first kappa shape index (κ1) is 37.1. The summed E-state index contributed by atoms with van der Waals surface area (Å²) in [6.45, 7) is 0. The second kappa shape index (κ2) is 19.8. The van der Waals surface area contributed by atoms with E-state index in [4.69, 9.17) is 0 Å². The zero-order valence-electron chi connectivity index (χ0n) is 1.37. The van der Waals surface area contributed by atoms with Crippen LogP contribution in [0.2, 0.25) is 0 Å². The van der Waals surface area contributed by atoms with Crippen molar-refractivity contribution in [3.05, 3.63) is 0 Å². The fraction of sp³-hybridized carbons (Fsp3) is 0. The average molecular weight is 228 g/mol. The van der Waals surface area contributed by atoms with Crippen molar-refractivity contribution < 1.29 is 67.1 Å². The van der Waals surface area contributed by atoms with Crippen molar-refractivity contribution in [2.24, 2.45) is 0 Å². The summed E-state index contributed by atoms with van der Waals surface area (Å²) in [4.78, 5) is 0. The van der Waals surface area contributed by atoms with Crippen molar-refractivity contribution in [2.75, 3.05) is 0 Å². The van der Waals surface area contributed by atoms with Gasteiger partial charge in [-0.3, -0.25) is 0 Å². The largest absolute Gasteiger partial charge is 0 e. The Balaban J connectivity index is 0. The molecule has 0 saturated carbocycles. The molecule has 0 aromatic heterocycles. The van der Waals surface area contributed by atoms with Crippen molar-refractivity contribution in [1.82, 2.24) is 0 Å². The first-order valence-corrected chi connectivity index (χ1v) is 0. The smallest absolute Gasteiger partial charge is 0 e. The molecule has 0 aliphatic carbocycles. The van der Waals surface area contributed by atoms with Gasteiger partial charge in [0.15, 0.2) is 0 Å². The molecule has 4 heavy (non-hydrogen) atoms. The maximum atomic E-state index is 0. The molecule has 0 aliphatic heterocycles. The summed E-state index contributed by atoms with van der Waals surface area (Å²) in [6, 6.07) is 0. The van der Waals surface area contributed by atoms with Crippen LogP contribution in [0.25, 0.3) is 0 Å². The molecule has 0 saturated heterocycles. The molecule has 35 valence electrons. The van der Waals surface area contributed by atoms with E-state index in [9.17, 15) is 0 Å². The second-order valence-electron chi connectivity index (χ2n) is 0. The van der Waals surface area contributed by atoms with Gasteiger partial charge in [0.2, 0.25) is 0 Å². The van der Waals surface area contributed by atoms with Crippen LogP contribution < -0.4 is 0 Å². The summed E-state index contributed by atoms with van der Waals surface area (Å²) < 4.78 is 0. The van der Waals surface area contributed by atoms with Gasteiger partial charge in [-0.05, 0) is 0 Å². The van der Waals surface area contributed by atoms with E-state index in [0.717, 1.165) is 0 Å². The molecule has 0 rings (SSSR count). The van der Waals surface area contributed by atoms with E-state index in [-0.39, 0.29) is 67.1 Å². The molecule has 0 aromatic carbocycles. The molecule has 0 N–H and O–H groups in total. The minimum absolute atomic E-state index is 0. The van der Waals surface area contributed by atoms with Crippen LogP contribution in [0.3, 0.4) is 0 Å². The molecule has 0 bridgehead atoms. The molecular weight excluding hydrogens is 228 g/mol. The third kappa shape index (κ3) is 8.98. The Hall–Kier alpha value is 2.03. The molecule has 0 atom stereocenters. The Kier molecular flexibility index (Phi) is 184. The minimum atomic E-state index is 0. The number of hydrogen-bond donors (Lipinski definition) is 0. The van der Waals surface area contributed by atoms with Gasteiger partial charge in [0, 0.05) is 67.1 Å². The van der Waals surface area contributed by atoms with Gasteiger partial charge < -0.3 is 0 Å². The molecule has 0 spiro atoms. The van der Waals surface area contributed by atoms with E-state index in [1.165, 1.54) is 0 Å².